The summed E-state index contributed by atoms with van der Waals surface area (Å²) >= 11 is 11.1. The van der Waals surface area contributed by atoms with E-state index < -0.39 is 4.92 Å². The molecule has 5 nitrogen and oxygen atoms in total. The highest BCUT2D eigenvalue weighted by molar-refractivity contribution is 6.30. The van der Waals surface area contributed by atoms with Crippen LogP contribution in [0.4, 0.5) is 11.5 Å². The molecule has 0 fully saturated rings. The Kier molecular flexibility index (Phi) is 3.88. The van der Waals surface area contributed by atoms with Crippen LogP contribution < -0.4 is 5.32 Å². The first-order valence-electron chi connectivity index (χ1n) is 3.89. The van der Waals surface area contributed by atoms with E-state index >= 15 is 0 Å². The molecule has 0 radical (unpaired) electrons. The Bertz CT molecular complexity index is 409. The smallest absolute Gasteiger partial charge is 0.311 e. The maximum atomic E-state index is 10.6. The Hall–Kier alpha value is -1.33. The molecule has 1 N–H and O–H groups in total. The number of rotatable bonds is 4. The average Bonchev–Trinajstić information content (AvgIpc) is 2.14. The first-order chi connectivity index (χ1) is 7.00. The lowest BCUT2D eigenvalue weighted by molar-refractivity contribution is -0.384. The SMILES string of the molecule is C=C(Cl)CNc1nc(Cl)ccc1[N+](=O)[O-]. The van der Waals surface area contributed by atoms with Gasteiger partial charge in [0.2, 0.25) is 5.82 Å². The molecular weight excluding hydrogens is 241 g/mol. The van der Waals surface area contributed by atoms with Crippen molar-refractivity contribution in [3.05, 3.63) is 39.0 Å². The van der Waals surface area contributed by atoms with Gasteiger partial charge in [-0.3, -0.25) is 10.1 Å². The fourth-order valence-corrected chi connectivity index (χ4v) is 1.10. The molecule has 0 saturated carbocycles. The molecule has 0 aliphatic carbocycles. The van der Waals surface area contributed by atoms with E-state index in [1.807, 2.05) is 0 Å². The Morgan fingerprint density at radius 2 is 2.33 bits per heavy atom. The molecule has 1 heterocycles. The lowest BCUT2D eigenvalue weighted by Gasteiger charge is -2.04. The fraction of sp³-hybridized carbons (Fsp3) is 0.125. The third kappa shape index (κ3) is 3.38. The monoisotopic (exact) mass is 247 g/mol. The van der Waals surface area contributed by atoms with Crippen molar-refractivity contribution in [2.75, 3.05) is 11.9 Å². The van der Waals surface area contributed by atoms with Crippen molar-refractivity contribution in [3.8, 4) is 0 Å². The molecule has 0 amide bonds. The van der Waals surface area contributed by atoms with Crippen molar-refractivity contribution in [2.45, 2.75) is 0 Å². The standard InChI is InChI=1S/C8H7Cl2N3O2/c1-5(9)4-11-8-6(13(14)15)2-3-7(10)12-8/h2-3H,1,4H2,(H,11,12). The Labute approximate surface area is 95.9 Å². The minimum atomic E-state index is -0.553. The Morgan fingerprint density at radius 3 is 2.87 bits per heavy atom. The summed E-state index contributed by atoms with van der Waals surface area (Å²) in [4.78, 5) is 13.8. The van der Waals surface area contributed by atoms with Crippen LogP contribution in [-0.2, 0) is 0 Å². The highest BCUT2D eigenvalue weighted by Gasteiger charge is 2.15. The number of anilines is 1. The topological polar surface area (TPSA) is 68.1 Å². The fourth-order valence-electron chi connectivity index (χ4n) is 0.885. The highest BCUT2D eigenvalue weighted by atomic mass is 35.5. The Balaban J connectivity index is 2.96. The van der Waals surface area contributed by atoms with Gasteiger partial charge in [-0.25, -0.2) is 4.98 Å². The lowest BCUT2D eigenvalue weighted by atomic mass is 10.4. The molecule has 0 aromatic carbocycles. The highest BCUT2D eigenvalue weighted by Crippen LogP contribution is 2.23. The molecule has 0 aliphatic heterocycles. The van der Waals surface area contributed by atoms with Gasteiger partial charge in [0.1, 0.15) is 5.15 Å². The predicted molar refractivity (Wildman–Crippen MR) is 59.4 cm³/mol. The molecule has 0 spiro atoms. The Morgan fingerprint density at radius 1 is 1.67 bits per heavy atom. The molecule has 0 aliphatic rings. The van der Waals surface area contributed by atoms with Gasteiger partial charge < -0.3 is 5.32 Å². The van der Waals surface area contributed by atoms with E-state index in [0.717, 1.165) is 0 Å². The van der Waals surface area contributed by atoms with Gasteiger partial charge in [-0.15, -0.1) is 0 Å². The number of nitrogens with one attached hydrogen (secondary N) is 1. The molecule has 0 bridgehead atoms. The van der Waals surface area contributed by atoms with Gasteiger partial charge in [-0.1, -0.05) is 29.8 Å². The van der Waals surface area contributed by atoms with Crippen LogP contribution in [0.25, 0.3) is 0 Å². The number of aromatic nitrogens is 1. The maximum absolute atomic E-state index is 10.6. The van der Waals surface area contributed by atoms with Gasteiger partial charge in [0.15, 0.2) is 0 Å². The summed E-state index contributed by atoms with van der Waals surface area (Å²) in [5.74, 6) is 0.0781. The van der Waals surface area contributed by atoms with E-state index in [-0.39, 0.29) is 23.2 Å². The molecule has 0 atom stereocenters. The van der Waals surface area contributed by atoms with E-state index in [1.165, 1.54) is 12.1 Å². The van der Waals surface area contributed by atoms with Gasteiger partial charge in [0.25, 0.3) is 0 Å². The van der Waals surface area contributed by atoms with Crippen LogP contribution in [0.3, 0.4) is 0 Å². The van der Waals surface area contributed by atoms with Crippen molar-refractivity contribution in [3.63, 3.8) is 0 Å². The lowest BCUT2D eigenvalue weighted by Crippen LogP contribution is -2.06. The van der Waals surface area contributed by atoms with E-state index in [4.69, 9.17) is 23.2 Å². The average molecular weight is 248 g/mol. The summed E-state index contributed by atoms with van der Waals surface area (Å²) in [7, 11) is 0. The first kappa shape index (κ1) is 11.7. The van der Waals surface area contributed by atoms with Crippen LogP contribution in [0, 0.1) is 10.1 Å². The van der Waals surface area contributed by atoms with Crippen molar-refractivity contribution in [1.82, 2.24) is 4.98 Å². The van der Waals surface area contributed by atoms with Crippen molar-refractivity contribution in [1.29, 1.82) is 0 Å². The maximum Gasteiger partial charge on any atom is 0.311 e. The molecule has 0 saturated heterocycles. The van der Waals surface area contributed by atoms with Crippen LogP contribution in [0.15, 0.2) is 23.7 Å². The third-order valence-electron chi connectivity index (χ3n) is 1.48. The summed E-state index contributed by atoms with van der Waals surface area (Å²) in [6.45, 7) is 3.63. The zero-order chi connectivity index (χ0) is 11.4. The number of pyridine rings is 1. The zero-order valence-corrected chi connectivity index (χ0v) is 9.05. The number of nitro groups is 1. The number of halogens is 2. The zero-order valence-electron chi connectivity index (χ0n) is 7.54. The van der Waals surface area contributed by atoms with Crippen LogP contribution in [0.5, 0.6) is 0 Å². The largest absolute Gasteiger partial charge is 0.359 e. The molecule has 1 rings (SSSR count). The first-order valence-corrected chi connectivity index (χ1v) is 4.64. The van der Waals surface area contributed by atoms with Crippen LogP contribution in [0.1, 0.15) is 0 Å². The molecule has 1 aromatic rings. The number of nitrogens with zero attached hydrogens (tertiary/aromatic N) is 2. The van der Waals surface area contributed by atoms with Gasteiger partial charge >= 0.3 is 5.69 Å². The summed E-state index contributed by atoms with van der Waals surface area (Å²) in [5.41, 5.74) is -0.155. The second kappa shape index (κ2) is 4.95. The molecule has 0 unspecified atom stereocenters. The van der Waals surface area contributed by atoms with Crippen LogP contribution in [0.2, 0.25) is 5.15 Å². The van der Waals surface area contributed by atoms with Gasteiger partial charge in [-0.05, 0) is 6.07 Å². The normalized spacial score (nSPS) is 9.73. The number of hydrogen-bond donors (Lipinski definition) is 1. The third-order valence-corrected chi connectivity index (χ3v) is 1.83. The summed E-state index contributed by atoms with van der Waals surface area (Å²) in [6.07, 6.45) is 0. The van der Waals surface area contributed by atoms with Crippen molar-refractivity contribution >= 4 is 34.7 Å². The molecule has 15 heavy (non-hydrogen) atoms. The summed E-state index contributed by atoms with van der Waals surface area (Å²) in [6, 6.07) is 2.62. The summed E-state index contributed by atoms with van der Waals surface area (Å²) < 4.78 is 0. The molecule has 1 aromatic heterocycles. The van der Waals surface area contributed by atoms with Gasteiger partial charge in [0.05, 0.1) is 11.5 Å². The second-order valence-electron chi connectivity index (χ2n) is 2.63. The van der Waals surface area contributed by atoms with E-state index in [0.29, 0.717) is 5.03 Å². The number of hydrogen-bond acceptors (Lipinski definition) is 4. The molecular formula is C8H7Cl2N3O2. The summed E-state index contributed by atoms with van der Waals surface area (Å²) in [5, 5.41) is 13.8. The van der Waals surface area contributed by atoms with E-state index in [9.17, 15) is 10.1 Å². The van der Waals surface area contributed by atoms with Crippen LogP contribution >= 0.6 is 23.2 Å². The van der Waals surface area contributed by atoms with E-state index in [1.54, 1.807) is 0 Å². The van der Waals surface area contributed by atoms with Gasteiger partial charge in [0, 0.05) is 11.1 Å². The minimum absolute atomic E-state index is 0.0781. The predicted octanol–water partition coefficient (Wildman–Crippen LogP) is 2.81. The minimum Gasteiger partial charge on any atom is -0.359 e. The molecule has 80 valence electrons. The van der Waals surface area contributed by atoms with Crippen molar-refractivity contribution < 1.29 is 4.92 Å². The van der Waals surface area contributed by atoms with Crippen LogP contribution in [-0.4, -0.2) is 16.5 Å². The van der Waals surface area contributed by atoms with Gasteiger partial charge in [-0.2, -0.15) is 0 Å². The van der Waals surface area contributed by atoms with E-state index in [2.05, 4.69) is 16.9 Å². The quantitative estimate of drug-likeness (QED) is 0.505. The second-order valence-corrected chi connectivity index (χ2v) is 3.55. The van der Waals surface area contributed by atoms with Crippen molar-refractivity contribution in [2.24, 2.45) is 0 Å². The molecule has 7 heteroatoms.